The summed E-state index contributed by atoms with van der Waals surface area (Å²) in [4.78, 5) is 0. The summed E-state index contributed by atoms with van der Waals surface area (Å²) in [5.74, 6) is 6.47. The molecule has 96 valence electrons. The highest BCUT2D eigenvalue weighted by Crippen LogP contribution is 2.29. The van der Waals surface area contributed by atoms with Crippen molar-refractivity contribution in [3.05, 3.63) is 33.8 Å². The molecule has 0 aromatic heterocycles. The fraction of sp³-hybridized carbons (Fsp3) is 0.500. The molecule has 0 aliphatic heterocycles. The first-order valence-electron chi connectivity index (χ1n) is 5.61. The predicted octanol–water partition coefficient (Wildman–Crippen LogP) is 4.03. The molecule has 0 saturated carbocycles. The highest BCUT2D eigenvalue weighted by Gasteiger charge is 2.15. The fourth-order valence-corrected chi connectivity index (χ4v) is 2.85. The number of hydrogen-bond acceptors (Lipinski definition) is 3. The average molecular weight is 293 g/mol. The predicted molar refractivity (Wildman–Crippen MR) is 78.7 cm³/mol. The van der Waals surface area contributed by atoms with Crippen LogP contribution in [0.2, 0.25) is 10.0 Å². The minimum atomic E-state index is 0.0280. The molecule has 0 heterocycles. The van der Waals surface area contributed by atoms with E-state index in [4.69, 9.17) is 29.0 Å². The molecule has 0 fully saturated rings. The van der Waals surface area contributed by atoms with Crippen LogP contribution in [0.1, 0.15) is 31.9 Å². The van der Waals surface area contributed by atoms with E-state index in [1.807, 2.05) is 17.8 Å². The zero-order valence-corrected chi connectivity index (χ0v) is 12.4. The Morgan fingerprint density at radius 3 is 2.71 bits per heavy atom. The van der Waals surface area contributed by atoms with Crippen molar-refractivity contribution in [2.24, 2.45) is 5.84 Å². The number of benzene rings is 1. The SMILES string of the molecule is CCC(C)SCC(NN)c1cc(Cl)ccc1Cl. The van der Waals surface area contributed by atoms with Crippen LogP contribution < -0.4 is 11.3 Å². The molecule has 2 atom stereocenters. The van der Waals surface area contributed by atoms with Gasteiger partial charge in [0.2, 0.25) is 0 Å². The lowest BCUT2D eigenvalue weighted by Crippen LogP contribution is -2.30. The maximum atomic E-state index is 6.16. The van der Waals surface area contributed by atoms with E-state index in [9.17, 15) is 0 Å². The molecular formula is C12H18Cl2N2S. The number of hydrazine groups is 1. The molecule has 17 heavy (non-hydrogen) atoms. The number of thioether (sulfide) groups is 1. The second-order valence-corrected chi connectivity index (χ2v) is 6.25. The molecule has 1 aromatic carbocycles. The molecule has 3 N–H and O–H groups in total. The van der Waals surface area contributed by atoms with Crippen molar-refractivity contribution in [1.82, 2.24) is 5.43 Å². The van der Waals surface area contributed by atoms with Crippen LogP contribution in [0.15, 0.2) is 18.2 Å². The Kier molecular flexibility index (Phi) is 6.67. The van der Waals surface area contributed by atoms with E-state index in [2.05, 4.69) is 19.3 Å². The fourth-order valence-electron chi connectivity index (χ4n) is 1.39. The van der Waals surface area contributed by atoms with Gasteiger partial charge in [0.1, 0.15) is 0 Å². The van der Waals surface area contributed by atoms with Gasteiger partial charge in [-0.1, -0.05) is 37.0 Å². The summed E-state index contributed by atoms with van der Waals surface area (Å²) in [7, 11) is 0. The first-order chi connectivity index (χ1) is 8.08. The largest absolute Gasteiger partial charge is 0.271 e. The van der Waals surface area contributed by atoms with Gasteiger partial charge in [-0.2, -0.15) is 11.8 Å². The van der Waals surface area contributed by atoms with Crippen LogP contribution in [0.25, 0.3) is 0 Å². The van der Waals surface area contributed by atoms with Crippen molar-refractivity contribution in [3.8, 4) is 0 Å². The van der Waals surface area contributed by atoms with E-state index in [0.717, 1.165) is 17.7 Å². The first-order valence-corrected chi connectivity index (χ1v) is 7.41. The highest BCUT2D eigenvalue weighted by atomic mass is 35.5. The van der Waals surface area contributed by atoms with Gasteiger partial charge >= 0.3 is 0 Å². The van der Waals surface area contributed by atoms with Gasteiger partial charge in [-0.3, -0.25) is 11.3 Å². The molecule has 0 bridgehead atoms. The molecule has 1 aromatic rings. The molecule has 0 spiro atoms. The molecule has 1 rings (SSSR count). The topological polar surface area (TPSA) is 38.0 Å². The molecule has 2 unspecified atom stereocenters. The van der Waals surface area contributed by atoms with E-state index in [1.165, 1.54) is 0 Å². The van der Waals surface area contributed by atoms with Crippen LogP contribution in [-0.4, -0.2) is 11.0 Å². The summed E-state index contributed by atoms with van der Waals surface area (Å²) < 4.78 is 0. The Morgan fingerprint density at radius 1 is 1.41 bits per heavy atom. The van der Waals surface area contributed by atoms with Crippen LogP contribution in [0.3, 0.4) is 0 Å². The monoisotopic (exact) mass is 292 g/mol. The molecular weight excluding hydrogens is 275 g/mol. The second-order valence-electron chi connectivity index (χ2n) is 3.94. The Morgan fingerprint density at radius 2 is 2.12 bits per heavy atom. The Labute approximate surface area is 117 Å². The second kappa shape index (κ2) is 7.49. The van der Waals surface area contributed by atoms with Crippen molar-refractivity contribution in [3.63, 3.8) is 0 Å². The third-order valence-corrected chi connectivity index (χ3v) is 4.66. The van der Waals surface area contributed by atoms with E-state index < -0.39 is 0 Å². The Hall–Kier alpha value is 0.0700. The van der Waals surface area contributed by atoms with E-state index in [1.54, 1.807) is 12.1 Å². The van der Waals surface area contributed by atoms with Crippen LogP contribution in [-0.2, 0) is 0 Å². The van der Waals surface area contributed by atoms with Crippen molar-refractivity contribution < 1.29 is 0 Å². The number of nitrogens with one attached hydrogen (secondary N) is 1. The first kappa shape index (κ1) is 15.1. The number of halogens is 2. The van der Waals surface area contributed by atoms with Crippen molar-refractivity contribution in [2.75, 3.05) is 5.75 Å². The summed E-state index contributed by atoms with van der Waals surface area (Å²) in [6.45, 7) is 4.38. The van der Waals surface area contributed by atoms with Gasteiger partial charge in [0.25, 0.3) is 0 Å². The van der Waals surface area contributed by atoms with E-state index >= 15 is 0 Å². The molecule has 0 aliphatic rings. The summed E-state index contributed by atoms with van der Waals surface area (Å²) in [5.41, 5.74) is 3.76. The van der Waals surface area contributed by atoms with Crippen LogP contribution in [0.5, 0.6) is 0 Å². The minimum Gasteiger partial charge on any atom is -0.271 e. The van der Waals surface area contributed by atoms with E-state index in [-0.39, 0.29) is 6.04 Å². The molecule has 5 heteroatoms. The Balaban J connectivity index is 2.75. The van der Waals surface area contributed by atoms with Gasteiger partial charge in [-0.05, 0) is 30.2 Å². The maximum absolute atomic E-state index is 6.16. The smallest absolute Gasteiger partial charge is 0.0565 e. The van der Waals surface area contributed by atoms with E-state index in [0.29, 0.717) is 15.3 Å². The standard InChI is InChI=1S/C12H18Cl2N2S/c1-3-8(2)17-7-12(16-15)10-6-9(13)4-5-11(10)14/h4-6,8,12,16H,3,7,15H2,1-2H3. The van der Waals surface area contributed by atoms with Crippen molar-refractivity contribution in [2.45, 2.75) is 31.6 Å². The summed E-state index contributed by atoms with van der Waals surface area (Å²) in [6, 6.07) is 5.48. The Bertz CT molecular complexity index is 360. The molecule has 0 amide bonds. The van der Waals surface area contributed by atoms with Crippen LogP contribution >= 0.6 is 35.0 Å². The average Bonchev–Trinajstić information content (AvgIpc) is 2.33. The van der Waals surface area contributed by atoms with Gasteiger partial charge in [-0.25, -0.2) is 0 Å². The van der Waals surface area contributed by atoms with Gasteiger partial charge in [0.15, 0.2) is 0 Å². The van der Waals surface area contributed by atoms with Crippen LogP contribution in [0, 0.1) is 0 Å². The number of rotatable bonds is 6. The number of nitrogens with two attached hydrogens (primary N) is 1. The third-order valence-electron chi connectivity index (χ3n) is 2.66. The third kappa shape index (κ3) is 4.68. The normalized spacial score (nSPS) is 14.6. The highest BCUT2D eigenvalue weighted by molar-refractivity contribution is 7.99. The van der Waals surface area contributed by atoms with Gasteiger partial charge in [0, 0.05) is 21.0 Å². The summed E-state index contributed by atoms with van der Waals surface area (Å²) >= 11 is 14.0. The molecule has 2 nitrogen and oxygen atoms in total. The van der Waals surface area contributed by atoms with Crippen molar-refractivity contribution >= 4 is 35.0 Å². The summed E-state index contributed by atoms with van der Waals surface area (Å²) in [6.07, 6.45) is 1.14. The maximum Gasteiger partial charge on any atom is 0.0565 e. The van der Waals surface area contributed by atoms with Crippen molar-refractivity contribution in [1.29, 1.82) is 0 Å². The molecule has 0 saturated heterocycles. The zero-order valence-electron chi connectivity index (χ0n) is 10.0. The van der Waals surface area contributed by atoms with Gasteiger partial charge in [-0.15, -0.1) is 0 Å². The lowest BCUT2D eigenvalue weighted by molar-refractivity contribution is 0.610. The summed E-state index contributed by atoms with van der Waals surface area (Å²) in [5, 5.41) is 1.99. The lowest BCUT2D eigenvalue weighted by atomic mass is 10.1. The lowest BCUT2D eigenvalue weighted by Gasteiger charge is -2.19. The number of hydrogen-bond donors (Lipinski definition) is 2. The quantitative estimate of drug-likeness (QED) is 0.614. The van der Waals surface area contributed by atoms with Crippen LogP contribution in [0.4, 0.5) is 0 Å². The zero-order chi connectivity index (χ0) is 12.8. The minimum absolute atomic E-state index is 0.0280. The van der Waals surface area contributed by atoms with Gasteiger partial charge < -0.3 is 0 Å². The molecule has 0 radical (unpaired) electrons. The molecule has 0 aliphatic carbocycles. The van der Waals surface area contributed by atoms with Gasteiger partial charge in [0.05, 0.1) is 6.04 Å².